The molecule has 0 radical (unpaired) electrons. The van der Waals surface area contributed by atoms with Gasteiger partial charge in [-0.25, -0.2) is 5.43 Å². The third-order valence-electron chi connectivity index (χ3n) is 3.05. The number of rotatable bonds is 7. The van der Waals surface area contributed by atoms with E-state index in [-0.39, 0.29) is 17.4 Å². The number of thioether (sulfide) groups is 1. The van der Waals surface area contributed by atoms with Gasteiger partial charge in [-0.05, 0) is 69.1 Å². The second-order valence-electron chi connectivity index (χ2n) is 4.91. The van der Waals surface area contributed by atoms with Crippen LogP contribution in [0.2, 0.25) is 5.02 Å². The van der Waals surface area contributed by atoms with E-state index in [0.717, 1.165) is 4.90 Å². The molecule has 2 aromatic carbocycles. The van der Waals surface area contributed by atoms with Gasteiger partial charge in [-0.1, -0.05) is 11.6 Å². The van der Waals surface area contributed by atoms with Crippen molar-refractivity contribution in [2.45, 2.75) is 11.8 Å². The zero-order chi connectivity index (χ0) is 19.1. The molecule has 2 aromatic rings. The Morgan fingerprint density at radius 3 is 2.69 bits per heavy atom. The van der Waals surface area contributed by atoms with Crippen LogP contribution >= 0.6 is 55.2 Å². The molecule has 0 unspecified atom stereocenters. The van der Waals surface area contributed by atoms with Gasteiger partial charge in [-0.3, -0.25) is 4.79 Å². The molecule has 2 rings (SSSR count). The lowest BCUT2D eigenvalue weighted by Crippen LogP contribution is -2.19. The quantitative estimate of drug-likeness (QED) is 0.298. The van der Waals surface area contributed by atoms with Crippen molar-refractivity contribution in [1.29, 1.82) is 0 Å². The number of aromatic hydroxyl groups is 1. The van der Waals surface area contributed by atoms with Crippen molar-refractivity contribution in [3.63, 3.8) is 0 Å². The molecular weight excluding hydrogens is 508 g/mol. The average molecular weight is 523 g/mol. The van der Waals surface area contributed by atoms with Crippen molar-refractivity contribution < 1.29 is 14.6 Å². The lowest BCUT2D eigenvalue weighted by Gasteiger charge is -2.10. The van der Waals surface area contributed by atoms with E-state index in [9.17, 15) is 9.90 Å². The summed E-state index contributed by atoms with van der Waals surface area (Å²) in [4.78, 5) is 12.8. The Bertz CT molecular complexity index is 817. The van der Waals surface area contributed by atoms with E-state index in [0.29, 0.717) is 31.9 Å². The fourth-order valence-corrected chi connectivity index (χ4v) is 3.50. The van der Waals surface area contributed by atoms with E-state index in [1.165, 1.54) is 18.0 Å². The van der Waals surface area contributed by atoms with Crippen LogP contribution < -0.4 is 10.2 Å². The maximum Gasteiger partial charge on any atom is 0.250 e. The molecule has 0 spiro atoms. The molecule has 0 heterocycles. The number of hydrazone groups is 1. The predicted octanol–water partition coefficient (Wildman–Crippen LogP) is 5.21. The summed E-state index contributed by atoms with van der Waals surface area (Å²) in [6.07, 6.45) is 1.47. The van der Waals surface area contributed by atoms with E-state index in [1.807, 2.05) is 19.1 Å². The van der Waals surface area contributed by atoms with Crippen LogP contribution in [-0.4, -0.2) is 29.6 Å². The summed E-state index contributed by atoms with van der Waals surface area (Å²) >= 11 is 13.9. The Hall–Kier alpha value is -1.22. The number of hydrogen-bond acceptors (Lipinski definition) is 5. The van der Waals surface area contributed by atoms with Crippen molar-refractivity contribution in [2.24, 2.45) is 5.10 Å². The van der Waals surface area contributed by atoms with Crippen LogP contribution in [0, 0.1) is 0 Å². The number of benzene rings is 2. The van der Waals surface area contributed by atoms with Crippen molar-refractivity contribution in [2.75, 3.05) is 12.4 Å². The normalized spacial score (nSPS) is 10.9. The monoisotopic (exact) mass is 520 g/mol. The van der Waals surface area contributed by atoms with Gasteiger partial charge in [0.25, 0.3) is 0 Å². The lowest BCUT2D eigenvalue weighted by atomic mass is 10.2. The zero-order valence-corrected chi connectivity index (χ0v) is 18.4. The van der Waals surface area contributed by atoms with Gasteiger partial charge in [0.1, 0.15) is 0 Å². The minimum atomic E-state index is -0.236. The molecule has 0 bridgehead atoms. The number of halogens is 3. The topological polar surface area (TPSA) is 70.9 Å². The summed E-state index contributed by atoms with van der Waals surface area (Å²) < 4.78 is 6.43. The number of nitrogens with one attached hydrogen (secondary N) is 1. The number of ether oxygens (including phenoxy) is 1. The van der Waals surface area contributed by atoms with Gasteiger partial charge in [-0.2, -0.15) is 5.10 Å². The maximum atomic E-state index is 11.9. The third-order valence-corrected chi connectivity index (χ3v) is 6.47. The first-order valence-electron chi connectivity index (χ1n) is 7.46. The van der Waals surface area contributed by atoms with E-state index in [2.05, 4.69) is 42.4 Å². The molecule has 0 fully saturated rings. The van der Waals surface area contributed by atoms with Crippen LogP contribution in [-0.2, 0) is 4.79 Å². The lowest BCUT2D eigenvalue weighted by molar-refractivity contribution is -0.118. The molecule has 0 aliphatic heterocycles. The Labute approximate surface area is 177 Å². The second-order valence-corrected chi connectivity index (χ2v) is 7.98. The van der Waals surface area contributed by atoms with Gasteiger partial charge in [0, 0.05) is 20.0 Å². The molecule has 1 amide bonds. The van der Waals surface area contributed by atoms with Crippen molar-refractivity contribution >= 4 is 67.3 Å². The molecule has 5 nitrogen and oxygen atoms in total. The Morgan fingerprint density at radius 1 is 1.35 bits per heavy atom. The number of amides is 1. The first kappa shape index (κ1) is 21.1. The highest BCUT2D eigenvalue weighted by atomic mass is 79.9. The second kappa shape index (κ2) is 10.2. The number of hydrogen-bond donors (Lipinski definition) is 2. The summed E-state index contributed by atoms with van der Waals surface area (Å²) in [5.74, 6) is 0.317. The smallest absolute Gasteiger partial charge is 0.250 e. The predicted molar refractivity (Wildman–Crippen MR) is 113 cm³/mol. The number of nitrogens with zero attached hydrogens (tertiary/aromatic N) is 1. The van der Waals surface area contributed by atoms with Crippen molar-refractivity contribution in [3.05, 3.63) is 49.9 Å². The Balaban J connectivity index is 1.96. The zero-order valence-electron chi connectivity index (χ0n) is 13.6. The van der Waals surface area contributed by atoms with Gasteiger partial charge in [0.2, 0.25) is 5.91 Å². The minimum Gasteiger partial charge on any atom is -0.503 e. The molecule has 0 saturated carbocycles. The number of phenols is 1. The van der Waals surface area contributed by atoms with Crippen molar-refractivity contribution in [1.82, 2.24) is 5.43 Å². The van der Waals surface area contributed by atoms with E-state index < -0.39 is 0 Å². The molecule has 0 aromatic heterocycles. The van der Waals surface area contributed by atoms with Crippen LogP contribution in [0.5, 0.6) is 11.5 Å². The third kappa shape index (κ3) is 5.90. The van der Waals surface area contributed by atoms with Gasteiger partial charge in [-0.15, -0.1) is 11.8 Å². The SMILES string of the molecule is CCOc1cc(/C=N\NC(=O)CSc2ccc(Cl)cc2)c(Br)c(Br)c1O. The molecule has 9 heteroatoms. The molecule has 0 saturated heterocycles. The van der Waals surface area contributed by atoms with E-state index in [4.69, 9.17) is 16.3 Å². The Kier molecular flexibility index (Phi) is 8.27. The summed E-state index contributed by atoms with van der Waals surface area (Å²) in [7, 11) is 0. The van der Waals surface area contributed by atoms with E-state index >= 15 is 0 Å². The van der Waals surface area contributed by atoms with Gasteiger partial charge >= 0.3 is 0 Å². The van der Waals surface area contributed by atoms with Crippen molar-refractivity contribution in [3.8, 4) is 11.5 Å². The van der Waals surface area contributed by atoms with Gasteiger partial charge in [0.15, 0.2) is 11.5 Å². The maximum absolute atomic E-state index is 11.9. The molecule has 2 N–H and O–H groups in total. The van der Waals surface area contributed by atoms with Gasteiger partial charge < -0.3 is 9.84 Å². The van der Waals surface area contributed by atoms with E-state index in [1.54, 1.807) is 18.2 Å². The average Bonchev–Trinajstić information content (AvgIpc) is 2.63. The van der Waals surface area contributed by atoms with Crippen LogP contribution in [0.4, 0.5) is 0 Å². The molecule has 0 aliphatic rings. The standard InChI is InChI=1S/C17H15Br2ClN2O3S/c1-2-25-13-7-10(15(18)16(19)17(13)24)8-21-22-14(23)9-26-12-5-3-11(20)4-6-12/h3-8,24H,2,9H2,1H3,(H,22,23)/b21-8-. The van der Waals surface area contributed by atoms with Crippen LogP contribution in [0.3, 0.4) is 0 Å². The summed E-state index contributed by atoms with van der Waals surface area (Å²) in [5.41, 5.74) is 3.11. The summed E-state index contributed by atoms with van der Waals surface area (Å²) in [6.45, 7) is 2.23. The Morgan fingerprint density at radius 2 is 2.04 bits per heavy atom. The number of phenolic OH excluding ortho intramolecular Hbond substituents is 1. The first-order chi connectivity index (χ1) is 12.4. The molecule has 0 aliphatic carbocycles. The number of carbonyl (C=O) groups excluding carboxylic acids is 1. The largest absolute Gasteiger partial charge is 0.503 e. The molecule has 26 heavy (non-hydrogen) atoms. The number of carbonyl (C=O) groups is 1. The van der Waals surface area contributed by atoms with Crippen LogP contribution in [0.1, 0.15) is 12.5 Å². The highest BCUT2D eigenvalue weighted by molar-refractivity contribution is 9.13. The minimum absolute atomic E-state index is 0.000671. The molecular formula is C17H15Br2ClN2O3S. The molecule has 0 atom stereocenters. The first-order valence-corrected chi connectivity index (χ1v) is 10.4. The highest BCUT2D eigenvalue weighted by Crippen LogP contribution is 2.41. The van der Waals surface area contributed by atoms with Crippen LogP contribution in [0.15, 0.2) is 49.3 Å². The van der Waals surface area contributed by atoms with Gasteiger partial charge in [0.05, 0.1) is 23.0 Å². The fraction of sp³-hybridized carbons (Fsp3) is 0.176. The summed E-state index contributed by atoms with van der Waals surface area (Å²) in [5, 5.41) is 14.6. The molecule has 138 valence electrons. The van der Waals surface area contributed by atoms with Crippen LogP contribution in [0.25, 0.3) is 0 Å². The fourth-order valence-electron chi connectivity index (χ4n) is 1.86. The summed E-state index contributed by atoms with van der Waals surface area (Å²) in [6, 6.07) is 8.88. The highest BCUT2D eigenvalue weighted by Gasteiger charge is 2.14.